The van der Waals surface area contributed by atoms with Gasteiger partial charge in [-0.1, -0.05) is 48.0 Å². The third-order valence-corrected chi connectivity index (χ3v) is 7.60. The molecule has 2 aromatic carbocycles. The average Bonchev–Trinajstić information content (AvgIpc) is 2.77. The first kappa shape index (κ1) is 33.7. The summed E-state index contributed by atoms with van der Waals surface area (Å²) in [7, 11) is -4.08. The molecule has 0 aliphatic carbocycles. The quantitative estimate of drug-likeness (QED) is 0.498. The molecular formula is C29H45N3O7S. The van der Waals surface area contributed by atoms with Gasteiger partial charge in [-0.15, -0.1) is 0 Å². The van der Waals surface area contributed by atoms with Crippen LogP contribution in [0.2, 0.25) is 0 Å². The number of hydrogen-bond donors (Lipinski definition) is 2. The maximum atomic E-state index is 11.7. The second-order valence-electron chi connectivity index (χ2n) is 11.5. The normalized spacial score (nSPS) is 19.6. The minimum Gasteiger partial charge on any atom is -0.444 e. The van der Waals surface area contributed by atoms with Gasteiger partial charge >= 0.3 is 6.09 Å². The van der Waals surface area contributed by atoms with Gasteiger partial charge in [0.2, 0.25) is 0 Å². The van der Waals surface area contributed by atoms with Gasteiger partial charge in [0, 0.05) is 45.8 Å². The lowest BCUT2D eigenvalue weighted by atomic mass is 10.1. The summed E-state index contributed by atoms with van der Waals surface area (Å²) >= 11 is 0. The van der Waals surface area contributed by atoms with E-state index >= 15 is 0 Å². The Morgan fingerprint density at radius 1 is 1.00 bits per heavy atom. The van der Waals surface area contributed by atoms with Crippen LogP contribution in [0.3, 0.4) is 0 Å². The molecule has 2 aromatic rings. The zero-order valence-electron chi connectivity index (χ0n) is 24.4. The van der Waals surface area contributed by atoms with E-state index in [1.807, 2.05) is 27.7 Å². The molecule has 40 heavy (non-hydrogen) atoms. The molecule has 4 rings (SSSR count). The number of carbonyl (C=O) groups excluding carboxylic acids is 1. The summed E-state index contributed by atoms with van der Waals surface area (Å²) in [6.45, 7) is 17.0. The molecule has 2 aliphatic heterocycles. The molecule has 0 radical (unpaired) electrons. The number of alkyl carbamates (subject to hydrolysis) is 1. The molecule has 2 aliphatic rings. The maximum absolute atomic E-state index is 11.7. The van der Waals surface area contributed by atoms with Crippen LogP contribution in [0.25, 0.3) is 0 Å². The van der Waals surface area contributed by atoms with Gasteiger partial charge in [-0.2, -0.15) is 8.42 Å². The number of benzene rings is 2. The van der Waals surface area contributed by atoms with E-state index in [9.17, 15) is 13.2 Å². The van der Waals surface area contributed by atoms with Crippen LogP contribution < -0.4 is 5.32 Å². The number of ether oxygens (including phenoxy) is 2. The van der Waals surface area contributed by atoms with Crippen LogP contribution >= 0.6 is 0 Å². The highest BCUT2D eigenvalue weighted by Gasteiger charge is 2.34. The van der Waals surface area contributed by atoms with Crippen molar-refractivity contribution in [3.8, 4) is 0 Å². The van der Waals surface area contributed by atoms with Crippen molar-refractivity contribution in [2.45, 2.75) is 70.8 Å². The molecule has 11 heteroatoms. The third-order valence-electron chi connectivity index (χ3n) is 6.44. The van der Waals surface area contributed by atoms with Crippen molar-refractivity contribution in [3.05, 3.63) is 64.7 Å². The lowest BCUT2D eigenvalue weighted by Gasteiger charge is -2.46. The summed E-state index contributed by atoms with van der Waals surface area (Å²) < 4.78 is 42.2. The van der Waals surface area contributed by atoms with Crippen LogP contribution in [0.1, 0.15) is 43.0 Å². The van der Waals surface area contributed by atoms with Crippen LogP contribution in [0.4, 0.5) is 4.79 Å². The Bertz CT molecular complexity index is 1180. The second kappa shape index (κ2) is 14.4. The molecule has 224 valence electrons. The zero-order chi connectivity index (χ0) is 28.8. The molecule has 2 heterocycles. The second-order valence-corrected chi connectivity index (χ2v) is 12.8. The van der Waals surface area contributed by atoms with E-state index in [1.54, 1.807) is 26.0 Å². The van der Waals surface area contributed by atoms with Gasteiger partial charge in [-0.05, 0) is 58.2 Å². The SMILES string of the molecule is CC(C)(C)OC(=O)NCCN1C[C@@H]2CN(Cc3ccccc3)C[C@H](C1)O2.Cc1cc(C)c(S(=O)(=O)O)c(C)c1.O. The van der Waals surface area contributed by atoms with E-state index in [4.69, 9.17) is 14.0 Å². The first-order valence-corrected chi connectivity index (χ1v) is 14.8. The molecule has 2 bridgehead atoms. The maximum Gasteiger partial charge on any atom is 0.407 e. The molecular weight excluding hydrogens is 534 g/mol. The summed E-state index contributed by atoms with van der Waals surface area (Å²) in [6.07, 6.45) is 0.139. The molecule has 0 saturated carbocycles. The number of fused-ring (bicyclic) bond motifs is 2. The van der Waals surface area contributed by atoms with Crippen LogP contribution in [-0.2, 0) is 26.1 Å². The van der Waals surface area contributed by atoms with Crippen molar-refractivity contribution < 1.29 is 32.7 Å². The highest BCUT2D eigenvalue weighted by atomic mass is 32.2. The van der Waals surface area contributed by atoms with Gasteiger partial charge in [0.15, 0.2) is 0 Å². The standard InChI is InChI=1S/C20H31N3O3.C9H12O3S.H2O/c1-20(2,3)26-19(24)21-9-10-22-12-17-14-23(15-18(13-22)25-17)11-16-7-5-4-6-8-16;1-6-4-7(2)9(8(3)5-6)13(10,11)12;/h4-8,17-18H,9-15H2,1-3H3,(H,21,24);4-5H,1-3H3,(H,10,11,12);1H2/t17-,18+;;. The number of aryl methyl sites for hydroxylation is 3. The Balaban J connectivity index is 0.000000339. The van der Waals surface area contributed by atoms with Gasteiger partial charge in [0.05, 0.1) is 17.1 Å². The van der Waals surface area contributed by atoms with Crippen LogP contribution in [-0.4, -0.2) is 91.4 Å². The van der Waals surface area contributed by atoms with E-state index in [0.29, 0.717) is 17.7 Å². The molecule has 2 fully saturated rings. The summed E-state index contributed by atoms with van der Waals surface area (Å²) in [6, 6.07) is 14.1. The van der Waals surface area contributed by atoms with E-state index in [0.717, 1.165) is 44.8 Å². The molecule has 0 spiro atoms. The Morgan fingerprint density at radius 3 is 2.02 bits per heavy atom. The Hall–Kier alpha value is -2.54. The van der Waals surface area contributed by atoms with Crippen molar-refractivity contribution in [1.29, 1.82) is 0 Å². The predicted octanol–water partition coefficient (Wildman–Crippen LogP) is 3.13. The number of morpholine rings is 2. The molecule has 2 saturated heterocycles. The van der Waals surface area contributed by atoms with Gasteiger partial charge < -0.3 is 20.3 Å². The zero-order valence-corrected chi connectivity index (χ0v) is 25.3. The van der Waals surface area contributed by atoms with Gasteiger partial charge in [-0.25, -0.2) is 4.79 Å². The number of amides is 1. The lowest BCUT2D eigenvalue weighted by molar-refractivity contribution is -0.139. The van der Waals surface area contributed by atoms with E-state index < -0.39 is 15.7 Å². The monoisotopic (exact) mass is 579 g/mol. The fraction of sp³-hybridized carbons (Fsp3) is 0.552. The largest absolute Gasteiger partial charge is 0.444 e. The van der Waals surface area contributed by atoms with Crippen molar-refractivity contribution in [1.82, 2.24) is 15.1 Å². The highest BCUT2D eigenvalue weighted by molar-refractivity contribution is 7.86. The van der Waals surface area contributed by atoms with Gasteiger partial charge in [-0.3, -0.25) is 14.4 Å². The number of nitrogens with zero attached hydrogens (tertiary/aromatic N) is 2. The average molecular weight is 580 g/mol. The molecule has 0 unspecified atom stereocenters. The Kier molecular flexibility index (Phi) is 12.1. The highest BCUT2D eigenvalue weighted by Crippen LogP contribution is 2.22. The molecule has 10 nitrogen and oxygen atoms in total. The summed E-state index contributed by atoms with van der Waals surface area (Å²) in [4.78, 5) is 16.6. The summed E-state index contributed by atoms with van der Waals surface area (Å²) in [5, 5.41) is 2.84. The topological polar surface area (TPSA) is 140 Å². The van der Waals surface area contributed by atoms with Crippen LogP contribution in [0.5, 0.6) is 0 Å². The van der Waals surface area contributed by atoms with Crippen molar-refractivity contribution in [2.24, 2.45) is 0 Å². The fourth-order valence-corrected chi connectivity index (χ4v) is 6.15. The van der Waals surface area contributed by atoms with E-state index in [-0.39, 0.29) is 28.7 Å². The first-order chi connectivity index (χ1) is 18.2. The smallest absolute Gasteiger partial charge is 0.407 e. The minimum atomic E-state index is -4.08. The summed E-state index contributed by atoms with van der Waals surface area (Å²) in [5.74, 6) is 0. The Labute approximate surface area is 238 Å². The van der Waals surface area contributed by atoms with Crippen molar-refractivity contribution >= 4 is 16.2 Å². The third kappa shape index (κ3) is 10.8. The first-order valence-electron chi connectivity index (χ1n) is 13.4. The van der Waals surface area contributed by atoms with Crippen LogP contribution in [0.15, 0.2) is 47.4 Å². The van der Waals surface area contributed by atoms with Crippen molar-refractivity contribution in [3.63, 3.8) is 0 Å². The lowest BCUT2D eigenvalue weighted by Crippen LogP contribution is -2.59. The van der Waals surface area contributed by atoms with Gasteiger partial charge in [0.1, 0.15) is 5.60 Å². The van der Waals surface area contributed by atoms with Crippen LogP contribution in [0, 0.1) is 20.8 Å². The molecule has 4 N–H and O–H groups in total. The predicted molar refractivity (Wildman–Crippen MR) is 155 cm³/mol. The number of nitrogens with one attached hydrogen (secondary N) is 1. The molecule has 0 aromatic heterocycles. The minimum absolute atomic E-state index is 0. The van der Waals surface area contributed by atoms with Crippen molar-refractivity contribution in [2.75, 3.05) is 39.3 Å². The fourth-order valence-electron chi connectivity index (χ4n) is 5.22. The number of rotatable bonds is 6. The molecule has 2 atom stereocenters. The van der Waals surface area contributed by atoms with E-state index in [1.165, 1.54) is 5.56 Å². The number of carbonyl (C=O) groups is 1. The Morgan fingerprint density at radius 2 is 1.52 bits per heavy atom. The summed E-state index contributed by atoms with van der Waals surface area (Å²) in [5.41, 5.74) is 3.05. The number of hydrogen-bond acceptors (Lipinski definition) is 7. The van der Waals surface area contributed by atoms with E-state index in [2.05, 4.69) is 45.4 Å². The molecule has 1 amide bonds. The van der Waals surface area contributed by atoms with Gasteiger partial charge in [0.25, 0.3) is 10.1 Å².